The van der Waals surface area contributed by atoms with Gasteiger partial charge < -0.3 is 14.8 Å². The first kappa shape index (κ1) is 16.7. The molecule has 2 aliphatic heterocycles. The van der Waals surface area contributed by atoms with E-state index in [9.17, 15) is 4.79 Å². The standard InChI is InChI=1S/C21H22N2O3/c24-21(9-7-16-6-8-19-20(12-16)26-15-25-19)22-18-10-11-23(14-18)13-17-4-2-1-3-5-17/h1-9,12,18H,10-11,13-15H2,(H,22,24)/b9-7+. The highest BCUT2D eigenvalue weighted by Crippen LogP contribution is 2.32. The summed E-state index contributed by atoms with van der Waals surface area (Å²) >= 11 is 0. The Morgan fingerprint density at radius 3 is 2.88 bits per heavy atom. The number of rotatable bonds is 5. The highest BCUT2D eigenvalue weighted by atomic mass is 16.7. The van der Waals surface area contributed by atoms with Gasteiger partial charge in [0.1, 0.15) is 0 Å². The van der Waals surface area contributed by atoms with Gasteiger partial charge in [-0.2, -0.15) is 0 Å². The first-order valence-electron chi connectivity index (χ1n) is 8.91. The number of nitrogens with one attached hydrogen (secondary N) is 1. The fourth-order valence-corrected chi connectivity index (χ4v) is 3.37. The SMILES string of the molecule is O=C(/C=C/c1ccc2c(c1)OCO2)NC1CCN(Cc2ccccc2)C1. The third kappa shape index (κ3) is 4.06. The second kappa shape index (κ2) is 7.62. The van der Waals surface area contributed by atoms with Gasteiger partial charge in [0.15, 0.2) is 11.5 Å². The number of amides is 1. The summed E-state index contributed by atoms with van der Waals surface area (Å²) in [5.41, 5.74) is 2.23. The van der Waals surface area contributed by atoms with Crippen molar-refractivity contribution in [3.63, 3.8) is 0 Å². The molecule has 134 valence electrons. The Morgan fingerprint density at radius 2 is 2.00 bits per heavy atom. The first-order chi connectivity index (χ1) is 12.8. The van der Waals surface area contributed by atoms with Crippen LogP contribution < -0.4 is 14.8 Å². The topological polar surface area (TPSA) is 50.8 Å². The molecule has 0 aromatic heterocycles. The molecular weight excluding hydrogens is 328 g/mol. The zero-order chi connectivity index (χ0) is 17.8. The number of carbonyl (C=O) groups is 1. The van der Waals surface area contributed by atoms with Crippen LogP contribution in [0.5, 0.6) is 11.5 Å². The number of hydrogen-bond donors (Lipinski definition) is 1. The maximum atomic E-state index is 12.2. The minimum atomic E-state index is -0.0609. The Morgan fingerprint density at radius 1 is 1.15 bits per heavy atom. The second-order valence-electron chi connectivity index (χ2n) is 6.66. The average Bonchev–Trinajstić information content (AvgIpc) is 3.29. The van der Waals surface area contributed by atoms with E-state index in [1.165, 1.54) is 5.56 Å². The van der Waals surface area contributed by atoms with Crippen LogP contribution in [0, 0.1) is 0 Å². The number of benzene rings is 2. The molecule has 0 radical (unpaired) electrons. The fraction of sp³-hybridized carbons (Fsp3) is 0.286. The molecule has 1 atom stereocenters. The lowest BCUT2D eigenvalue weighted by atomic mass is 10.2. The molecule has 5 nitrogen and oxygen atoms in total. The van der Waals surface area contributed by atoms with Crippen LogP contribution in [-0.2, 0) is 11.3 Å². The molecule has 1 amide bonds. The minimum Gasteiger partial charge on any atom is -0.454 e. The average molecular weight is 350 g/mol. The first-order valence-corrected chi connectivity index (χ1v) is 8.91. The number of carbonyl (C=O) groups excluding carboxylic acids is 1. The molecule has 0 bridgehead atoms. The van der Waals surface area contributed by atoms with Crippen LogP contribution in [-0.4, -0.2) is 36.7 Å². The van der Waals surface area contributed by atoms with Crippen molar-refractivity contribution < 1.29 is 14.3 Å². The van der Waals surface area contributed by atoms with Crippen LogP contribution in [0.3, 0.4) is 0 Å². The van der Waals surface area contributed by atoms with Gasteiger partial charge in [-0.25, -0.2) is 0 Å². The van der Waals surface area contributed by atoms with Gasteiger partial charge in [-0.15, -0.1) is 0 Å². The summed E-state index contributed by atoms with van der Waals surface area (Å²) in [7, 11) is 0. The second-order valence-corrected chi connectivity index (χ2v) is 6.66. The molecule has 2 heterocycles. The van der Waals surface area contributed by atoms with E-state index in [0.29, 0.717) is 0 Å². The van der Waals surface area contributed by atoms with Gasteiger partial charge in [0.2, 0.25) is 12.7 Å². The van der Waals surface area contributed by atoms with Crippen LogP contribution >= 0.6 is 0 Å². The van der Waals surface area contributed by atoms with Crippen molar-refractivity contribution in [3.05, 3.63) is 65.7 Å². The monoisotopic (exact) mass is 350 g/mol. The van der Waals surface area contributed by atoms with Crippen LogP contribution in [0.25, 0.3) is 6.08 Å². The largest absolute Gasteiger partial charge is 0.454 e. The van der Waals surface area contributed by atoms with Crippen molar-refractivity contribution in [3.8, 4) is 11.5 Å². The molecule has 1 unspecified atom stereocenters. The lowest BCUT2D eigenvalue weighted by Crippen LogP contribution is -2.35. The van der Waals surface area contributed by atoms with Crippen LogP contribution in [0.1, 0.15) is 17.5 Å². The van der Waals surface area contributed by atoms with Crippen LogP contribution in [0.4, 0.5) is 0 Å². The summed E-state index contributed by atoms with van der Waals surface area (Å²) in [5.74, 6) is 1.41. The maximum absolute atomic E-state index is 12.2. The summed E-state index contributed by atoms with van der Waals surface area (Å²) in [6.07, 6.45) is 4.36. The quantitative estimate of drug-likeness (QED) is 0.843. The Balaban J connectivity index is 1.27. The molecule has 2 aromatic rings. The maximum Gasteiger partial charge on any atom is 0.244 e. The fourth-order valence-electron chi connectivity index (χ4n) is 3.37. The van der Waals surface area contributed by atoms with E-state index in [1.54, 1.807) is 12.2 Å². The zero-order valence-electron chi connectivity index (χ0n) is 14.6. The predicted octanol–water partition coefficient (Wildman–Crippen LogP) is 2.82. The van der Waals surface area contributed by atoms with Crippen LogP contribution in [0.2, 0.25) is 0 Å². The van der Waals surface area contributed by atoms with E-state index in [-0.39, 0.29) is 18.7 Å². The number of likely N-dealkylation sites (tertiary alicyclic amines) is 1. The van der Waals surface area contributed by atoms with Crippen molar-refractivity contribution >= 4 is 12.0 Å². The summed E-state index contributed by atoms with van der Waals surface area (Å²) < 4.78 is 10.6. The summed E-state index contributed by atoms with van der Waals surface area (Å²) in [6.45, 7) is 3.08. The third-order valence-corrected chi connectivity index (χ3v) is 4.69. The molecule has 4 rings (SSSR count). The summed E-state index contributed by atoms with van der Waals surface area (Å²) in [6, 6.07) is 16.3. The van der Waals surface area contributed by atoms with Crippen molar-refractivity contribution in [1.82, 2.24) is 10.2 Å². The lowest BCUT2D eigenvalue weighted by Gasteiger charge is -2.16. The highest BCUT2D eigenvalue weighted by Gasteiger charge is 2.23. The van der Waals surface area contributed by atoms with Gasteiger partial charge in [-0.1, -0.05) is 36.4 Å². The number of fused-ring (bicyclic) bond motifs is 1. The lowest BCUT2D eigenvalue weighted by molar-refractivity contribution is -0.117. The minimum absolute atomic E-state index is 0.0609. The molecule has 1 N–H and O–H groups in total. The van der Waals surface area contributed by atoms with E-state index < -0.39 is 0 Å². The van der Waals surface area contributed by atoms with Crippen molar-refractivity contribution in [2.75, 3.05) is 19.9 Å². The molecule has 0 aliphatic carbocycles. The Labute approximate surface area is 153 Å². The molecule has 2 aliphatic rings. The van der Waals surface area contributed by atoms with E-state index in [2.05, 4.69) is 34.5 Å². The molecule has 1 fully saturated rings. The van der Waals surface area contributed by atoms with Crippen LogP contribution in [0.15, 0.2) is 54.6 Å². The van der Waals surface area contributed by atoms with Crippen molar-refractivity contribution in [1.29, 1.82) is 0 Å². The molecular formula is C21H22N2O3. The van der Waals surface area contributed by atoms with E-state index >= 15 is 0 Å². The molecule has 0 saturated carbocycles. The van der Waals surface area contributed by atoms with E-state index in [1.807, 2.05) is 24.3 Å². The molecule has 2 aromatic carbocycles. The van der Waals surface area contributed by atoms with Gasteiger partial charge in [0, 0.05) is 31.8 Å². The Hall–Kier alpha value is -2.79. The molecule has 1 saturated heterocycles. The van der Waals surface area contributed by atoms with E-state index in [0.717, 1.165) is 43.1 Å². The van der Waals surface area contributed by atoms with Gasteiger partial charge in [0.05, 0.1) is 0 Å². The predicted molar refractivity (Wildman–Crippen MR) is 99.9 cm³/mol. The summed E-state index contributed by atoms with van der Waals surface area (Å²) in [5, 5.41) is 3.09. The van der Waals surface area contributed by atoms with Crippen molar-refractivity contribution in [2.45, 2.75) is 19.0 Å². The Kier molecular flexibility index (Phi) is 4.88. The molecule has 0 spiro atoms. The van der Waals surface area contributed by atoms with Gasteiger partial charge in [0.25, 0.3) is 0 Å². The molecule has 26 heavy (non-hydrogen) atoms. The van der Waals surface area contributed by atoms with E-state index in [4.69, 9.17) is 9.47 Å². The smallest absolute Gasteiger partial charge is 0.244 e. The normalized spacial score (nSPS) is 19.2. The van der Waals surface area contributed by atoms with Gasteiger partial charge in [-0.05, 0) is 35.8 Å². The summed E-state index contributed by atoms with van der Waals surface area (Å²) in [4.78, 5) is 14.6. The van der Waals surface area contributed by atoms with Gasteiger partial charge in [-0.3, -0.25) is 9.69 Å². The molecule has 5 heteroatoms. The highest BCUT2D eigenvalue weighted by molar-refractivity contribution is 5.92. The van der Waals surface area contributed by atoms with Crippen molar-refractivity contribution in [2.24, 2.45) is 0 Å². The third-order valence-electron chi connectivity index (χ3n) is 4.69. The Bertz CT molecular complexity index is 804. The van der Waals surface area contributed by atoms with Gasteiger partial charge >= 0.3 is 0 Å². The number of nitrogens with zero attached hydrogens (tertiary/aromatic N) is 1. The number of hydrogen-bond acceptors (Lipinski definition) is 4. The zero-order valence-corrected chi connectivity index (χ0v) is 14.6. The number of ether oxygens (including phenoxy) is 2.